The van der Waals surface area contributed by atoms with Gasteiger partial charge in [-0.1, -0.05) is 258 Å². The number of hydrogen-bond acceptors (Lipinski definition) is 6. The Morgan fingerprint density at radius 1 is 0.280 bits per heavy atom. The summed E-state index contributed by atoms with van der Waals surface area (Å²) in [6.07, 6.45) is 86.5. The van der Waals surface area contributed by atoms with E-state index in [0.29, 0.717) is 19.3 Å². The number of ether oxygens (including phenoxy) is 3. The fraction of sp³-hybridized carbons (Fsp3) is 0.667. The third-order valence-corrected chi connectivity index (χ3v) is 12.9. The van der Waals surface area contributed by atoms with Gasteiger partial charge in [-0.05, 0) is 122 Å². The first kappa shape index (κ1) is 70.8. The van der Waals surface area contributed by atoms with Gasteiger partial charge in [0.15, 0.2) is 6.10 Å². The molecule has 0 spiro atoms. The minimum Gasteiger partial charge on any atom is -0.462 e. The number of allylic oxidation sites excluding steroid dienone is 20. The Hall–Kier alpha value is -4.19. The number of rotatable bonds is 55. The van der Waals surface area contributed by atoms with Crippen LogP contribution in [-0.4, -0.2) is 37.2 Å². The molecule has 0 fully saturated rings. The van der Waals surface area contributed by atoms with Gasteiger partial charge >= 0.3 is 17.9 Å². The highest BCUT2D eigenvalue weighted by molar-refractivity contribution is 5.71. The smallest absolute Gasteiger partial charge is 0.306 e. The Bertz CT molecular complexity index is 1570. The molecule has 0 saturated carbocycles. The van der Waals surface area contributed by atoms with E-state index in [1.54, 1.807) is 0 Å². The number of unbranched alkanes of at least 4 members (excludes halogenated alkanes) is 24. The highest BCUT2D eigenvalue weighted by atomic mass is 16.6. The van der Waals surface area contributed by atoms with Crippen LogP contribution in [-0.2, 0) is 28.6 Å². The molecule has 0 radical (unpaired) electrons. The lowest BCUT2D eigenvalue weighted by Gasteiger charge is -2.18. The molecule has 0 N–H and O–H groups in total. The maximum absolute atomic E-state index is 12.8. The van der Waals surface area contributed by atoms with Gasteiger partial charge in [0.1, 0.15) is 13.2 Å². The van der Waals surface area contributed by atoms with Crippen molar-refractivity contribution in [2.75, 3.05) is 13.2 Å². The predicted molar refractivity (Wildman–Crippen MR) is 325 cm³/mol. The first-order chi connectivity index (χ1) is 37.0. The van der Waals surface area contributed by atoms with Gasteiger partial charge in [0.05, 0.1) is 0 Å². The van der Waals surface area contributed by atoms with Gasteiger partial charge in [0.2, 0.25) is 0 Å². The summed E-state index contributed by atoms with van der Waals surface area (Å²) in [5.41, 5.74) is 0. The summed E-state index contributed by atoms with van der Waals surface area (Å²) in [7, 11) is 0. The van der Waals surface area contributed by atoms with Crippen LogP contribution in [0.4, 0.5) is 0 Å². The normalized spacial score (nSPS) is 12.9. The van der Waals surface area contributed by atoms with Crippen LogP contribution in [0.3, 0.4) is 0 Å². The summed E-state index contributed by atoms with van der Waals surface area (Å²) in [4.78, 5) is 38.1. The molecule has 6 heteroatoms. The molecule has 0 saturated heterocycles. The standard InChI is InChI=1S/C69H114O6/c1-4-7-10-13-16-19-22-24-26-27-28-29-30-31-32-33-34-35-36-37-38-39-40-41-43-44-47-50-53-56-59-62-68(71)74-65-66(64-73-67(70)61-58-55-52-49-46-21-18-15-12-9-6-3)75-69(72)63-60-57-54-51-48-45-42-25-23-20-17-14-11-8-5-2/h7-8,10-11,15-20,24-26,28-29,31-32,42,48,51,66H,4-6,9,12-14,21-23,27,30,33-41,43-47,49-50,52-65H2,1-3H3/b10-7-,11-8-,18-15-,19-16-,20-17-,26-24-,29-28-,32-31-,42-25-,51-48-. The Balaban J connectivity index is 4.21. The second kappa shape index (κ2) is 62.4. The first-order valence-corrected chi connectivity index (χ1v) is 31.0. The molecule has 0 aromatic carbocycles. The van der Waals surface area contributed by atoms with E-state index < -0.39 is 6.10 Å². The summed E-state index contributed by atoms with van der Waals surface area (Å²) in [5.74, 6) is -0.949. The van der Waals surface area contributed by atoms with Crippen molar-refractivity contribution in [3.63, 3.8) is 0 Å². The molecule has 0 rings (SSSR count). The van der Waals surface area contributed by atoms with Crippen molar-refractivity contribution >= 4 is 17.9 Å². The zero-order chi connectivity index (χ0) is 54.3. The zero-order valence-electron chi connectivity index (χ0n) is 48.8. The molecular formula is C69H114O6. The van der Waals surface area contributed by atoms with Gasteiger partial charge in [-0.25, -0.2) is 0 Å². The Morgan fingerprint density at radius 3 is 0.853 bits per heavy atom. The average molecular weight is 1040 g/mol. The third-order valence-electron chi connectivity index (χ3n) is 12.9. The SMILES string of the molecule is CC/C=C\C/C=C\C/C=C\C/C=C\C/C=C\CCCCCCCCCCCCCCCCCC(=O)OCC(COC(=O)CCCCCCC/C=C\CCCC)OC(=O)CCCC/C=C\C/C=C\C/C=C\C/C=C\CC. The van der Waals surface area contributed by atoms with Crippen LogP contribution >= 0.6 is 0 Å². The van der Waals surface area contributed by atoms with Gasteiger partial charge in [-0.3, -0.25) is 14.4 Å². The summed E-state index contributed by atoms with van der Waals surface area (Å²) in [6, 6.07) is 0. The topological polar surface area (TPSA) is 78.9 Å². The van der Waals surface area contributed by atoms with E-state index in [1.165, 1.54) is 109 Å². The van der Waals surface area contributed by atoms with Gasteiger partial charge in [0.25, 0.3) is 0 Å². The molecule has 0 aliphatic heterocycles. The maximum Gasteiger partial charge on any atom is 0.306 e. The summed E-state index contributed by atoms with van der Waals surface area (Å²) < 4.78 is 16.8. The van der Waals surface area contributed by atoms with Gasteiger partial charge < -0.3 is 14.2 Å². The van der Waals surface area contributed by atoms with E-state index in [2.05, 4.69) is 142 Å². The lowest BCUT2D eigenvalue weighted by Crippen LogP contribution is -2.30. The maximum atomic E-state index is 12.8. The zero-order valence-corrected chi connectivity index (χ0v) is 48.8. The van der Waals surface area contributed by atoms with Crippen LogP contribution in [0.1, 0.15) is 278 Å². The summed E-state index contributed by atoms with van der Waals surface area (Å²) in [5, 5.41) is 0. The Kier molecular flexibility index (Phi) is 58.9. The van der Waals surface area contributed by atoms with E-state index >= 15 is 0 Å². The number of carbonyl (C=O) groups is 3. The Labute approximate surface area is 462 Å². The van der Waals surface area contributed by atoms with E-state index in [1.807, 2.05) is 0 Å². The van der Waals surface area contributed by atoms with E-state index in [0.717, 1.165) is 122 Å². The molecule has 0 heterocycles. The van der Waals surface area contributed by atoms with Crippen LogP contribution in [0, 0.1) is 0 Å². The molecule has 1 unspecified atom stereocenters. The lowest BCUT2D eigenvalue weighted by molar-refractivity contribution is -0.167. The molecule has 0 aromatic heterocycles. The average Bonchev–Trinajstić information content (AvgIpc) is 3.41. The monoisotopic (exact) mass is 1040 g/mol. The number of esters is 3. The minimum atomic E-state index is -0.804. The molecule has 426 valence electrons. The van der Waals surface area contributed by atoms with Crippen molar-refractivity contribution in [1.29, 1.82) is 0 Å². The summed E-state index contributed by atoms with van der Waals surface area (Å²) in [6.45, 7) is 6.33. The molecule has 6 nitrogen and oxygen atoms in total. The number of carbonyl (C=O) groups excluding carboxylic acids is 3. The second-order valence-electron chi connectivity index (χ2n) is 20.2. The van der Waals surface area contributed by atoms with E-state index in [-0.39, 0.29) is 37.5 Å². The van der Waals surface area contributed by atoms with Crippen LogP contribution < -0.4 is 0 Å². The predicted octanol–water partition coefficient (Wildman–Crippen LogP) is 21.2. The first-order valence-electron chi connectivity index (χ1n) is 31.0. The molecular weight excluding hydrogens is 925 g/mol. The third kappa shape index (κ3) is 60.6. The molecule has 0 aliphatic carbocycles. The van der Waals surface area contributed by atoms with Gasteiger partial charge in [-0.2, -0.15) is 0 Å². The second-order valence-corrected chi connectivity index (χ2v) is 20.2. The van der Waals surface area contributed by atoms with Crippen LogP contribution in [0.15, 0.2) is 122 Å². The highest BCUT2D eigenvalue weighted by Gasteiger charge is 2.19. The molecule has 0 amide bonds. The van der Waals surface area contributed by atoms with Crippen LogP contribution in [0.2, 0.25) is 0 Å². The van der Waals surface area contributed by atoms with Crippen molar-refractivity contribution in [1.82, 2.24) is 0 Å². The van der Waals surface area contributed by atoms with Gasteiger partial charge in [0, 0.05) is 19.3 Å². The largest absolute Gasteiger partial charge is 0.462 e. The van der Waals surface area contributed by atoms with E-state index in [9.17, 15) is 14.4 Å². The van der Waals surface area contributed by atoms with Crippen molar-refractivity contribution in [2.24, 2.45) is 0 Å². The Morgan fingerprint density at radius 2 is 0.520 bits per heavy atom. The van der Waals surface area contributed by atoms with E-state index in [4.69, 9.17) is 14.2 Å². The lowest BCUT2D eigenvalue weighted by atomic mass is 10.0. The summed E-state index contributed by atoms with van der Waals surface area (Å²) >= 11 is 0. The fourth-order valence-corrected chi connectivity index (χ4v) is 8.32. The molecule has 1 atom stereocenters. The van der Waals surface area contributed by atoms with Crippen LogP contribution in [0.5, 0.6) is 0 Å². The highest BCUT2D eigenvalue weighted by Crippen LogP contribution is 2.16. The van der Waals surface area contributed by atoms with Crippen molar-refractivity contribution in [3.8, 4) is 0 Å². The van der Waals surface area contributed by atoms with Gasteiger partial charge in [-0.15, -0.1) is 0 Å². The molecule has 0 bridgehead atoms. The van der Waals surface area contributed by atoms with Crippen molar-refractivity contribution in [3.05, 3.63) is 122 Å². The fourth-order valence-electron chi connectivity index (χ4n) is 8.32. The number of hydrogen-bond donors (Lipinski definition) is 0. The molecule has 75 heavy (non-hydrogen) atoms. The molecule has 0 aliphatic rings. The van der Waals surface area contributed by atoms with Crippen molar-refractivity contribution < 1.29 is 28.6 Å². The van der Waals surface area contributed by atoms with Crippen LogP contribution in [0.25, 0.3) is 0 Å². The molecule has 0 aromatic rings. The minimum absolute atomic E-state index is 0.0981. The van der Waals surface area contributed by atoms with Crippen molar-refractivity contribution in [2.45, 2.75) is 284 Å². The quantitative estimate of drug-likeness (QED) is 0.0261.